The Labute approximate surface area is 130 Å². The number of carbonyl (C=O) groups is 2. The normalized spacial score (nSPS) is 26.1. The summed E-state index contributed by atoms with van der Waals surface area (Å²) in [6.45, 7) is 0.710. The molecule has 0 heterocycles. The van der Waals surface area contributed by atoms with E-state index in [0.29, 0.717) is 12.1 Å². The predicted molar refractivity (Wildman–Crippen MR) is 83.7 cm³/mol. The Morgan fingerprint density at radius 3 is 2.68 bits per heavy atom. The monoisotopic (exact) mass is 301 g/mol. The van der Waals surface area contributed by atoms with Crippen molar-refractivity contribution in [3.05, 3.63) is 35.4 Å². The molecule has 0 spiro atoms. The van der Waals surface area contributed by atoms with Gasteiger partial charge < -0.3 is 10.4 Å². The van der Waals surface area contributed by atoms with E-state index in [4.69, 9.17) is 5.11 Å². The Morgan fingerprint density at radius 2 is 2.00 bits per heavy atom. The summed E-state index contributed by atoms with van der Waals surface area (Å²) in [4.78, 5) is 23.1. The van der Waals surface area contributed by atoms with Crippen LogP contribution in [0.5, 0.6) is 0 Å². The van der Waals surface area contributed by atoms with Crippen LogP contribution in [0.4, 0.5) is 0 Å². The zero-order valence-corrected chi connectivity index (χ0v) is 12.8. The van der Waals surface area contributed by atoms with E-state index in [1.54, 1.807) is 24.3 Å². The smallest absolute Gasteiger partial charge is 0.335 e. The maximum atomic E-state index is 12.0. The molecule has 2 saturated carbocycles. The van der Waals surface area contributed by atoms with Crippen LogP contribution in [0.25, 0.3) is 0 Å². The SMILES string of the molecule is O=C(Cc1ccccc1C(=O)O)NCCC1CC2CCC1C2. The van der Waals surface area contributed by atoms with Gasteiger partial charge in [-0.05, 0) is 55.1 Å². The number of hydrogen-bond donors (Lipinski definition) is 2. The summed E-state index contributed by atoms with van der Waals surface area (Å²) in [5.74, 6) is 1.54. The molecule has 0 radical (unpaired) electrons. The van der Waals surface area contributed by atoms with E-state index in [1.807, 2.05) is 0 Å². The van der Waals surface area contributed by atoms with Crippen molar-refractivity contribution in [2.45, 2.75) is 38.5 Å². The van der Waals surface area contributed by atoms with Crippen LogP contribution < -0.4 is 5.32 Å². The molecular weight excluding hydrogens is 278 g/mol. The lowest BCUT2D eigenvalue weighted by Gasteiger charge is -2.21. The largest absolute Gasteiger partial charge is 0.478 e. The van der Waals surface area contributed by atoms with Gasteiger partial charge in [-0.1, -0.05) is 24.6 Å². The molecule has 3 rings (SSSR count). The minimum absolute atomic E-state index is 0.0862. The van der Waals surface area contributed by atoms with Gasteiger partial charge in [-0.25, -0.2) is 4.79 Å². The Balaban J connectivity index is 1.46. The van der Waals surface area contributed by atoms with Crippen LogP contribution >= 0.6 is 0 Å². The van der Waals surface area contributed by atoms with E-state index in [9.17, 15) is 9.59 Å². The van der Waals surface area contributed by atoms with Gasteiger partial charge in [0.25, 0.3) is 0 Å². The highest BCUT2D eigenvalue weighted by molar-refractivity contribution is 5.91. The van der Waals surface area contributed by atoms with Gasteiger partial charge >= 0.3 is 5.97 Å². The summed E-state index contributed by atoms with van der Waals surface area (Å²) in [6.07, 6.45) is 6.70. The van der Waals surface area contributed by atoms with Gasteiger partial charge in [-0.2, -0.15) is 0 Å². The number of fused-ring (bicyclic) bond motifs is 2. The summed E-state index contributed by atoms with van der Waals surface area (Å²) in [5.41, 5.74) is 0.790. The van der Waals surface area contributed by atoms with Crippen molar-refractivity contribution >= 4 is 11.9 Å². The average molecular weight is 301 g/mol. The maximum absolute atomic E-state index is 12.0. The molecule has 2 N–H and O–H groups in total. The van der Waals surface area contributed by atoms with Gasteiger partial charge in [0.05, 0.1) is 12.0 Å². The third-order valence-electron chi connectivity index (χ3n) is 5.32. The lowest BCUT2D eigenvalue weighted by atomic mass is 9.86. The molecule has 3 atom stereocenters. The first kappa shape index (κ1) is 15.1. The molecule has 2 aliphatic rings. The zero-order chi connectivity index (χ0) is 15.5. The van der Waals surface area contributed by atoms with Crippen LogP contribution in [0.1, 0.15) is 48.0 Å². The number of aromatic carboxylic acids is 1. The number of carbonyl (C=O) groups excluding carboxylic acids is 1. The number of hydrogen-bond acceptors (Lipinski definition) is 2. The molecule has 0 aliphatic heterocycles. The summed E-state index contributed by atoms with van der Waals surface area (Å²) in [5, 5.41) is 12.1. The lowest BCUT2D eigenvalue weighted by molar-refractivity contribution is -0.120. The Morgan fingerprint density at radius 1 is 1.18 bits per heavy atom. The topological polar surface area (TPSA) is 66.4 Å². The quantitative estimate of drug-likeness (QED) is 0.849. The molecule has 4 nitrogen and oxygen atoms in total. The van der Waals surface area contributed by atoms with Gasteiger partial charge in [0.1, 0.15) is 0 Å². The Kier molecular flexibility index (Phi) is 4.46. The van der Waals surface area contributed by atoms with Gasteiger partial charge in [-0.15, -0.1) is 0 Å². The second-order valence-electron chi connectivity index (χ2n) is 6.71. The fourth-order valence-corrected chi connectivity index (χ4v) is 4.25. The van der Waals surface area contributed by atoms with Crippen LogP contribution in [-0.2, 0) is 11.2 Å². The molecule has 1 amide bonds. The van der Waals surface area contributed by atoms with Crippen molar-refractivity contribution in [2.75, 3.05) is 6.54 Å². The first-order valence-corrected chi connectivity index (χ1v) is 8.21. The number of carboxylic acid groups (broad SMARTS) is 1. The van der Waals surface area contributed by atoms with Crippen LogP contribution in [-0.4, -0.2) is 23.5 Å². The summed E-state index contributed by atoms with van der Waals surface area (Å²) in [6, 6.07) is 6.70. The fourth-order valence-electron chi connectivity index (χ4n) is 4.25. The molecule has 4 heteroatoms. The fraction of sp³-hybridized carbons (Fsp3) is 0.556. The lowest BCUT2D eigenvalue weighted by Crippen LogP contribution is -2.28. The number of amides is 1. The van der Waals surface area contributed by atoms with Crippen molar-refractivity contribution in [1.29, 1.82) is 0 Å². The number of nitrogens with one attached hydrogen (secondary N) is 1. The van der Waals surface area contributed by atoms with E-state index >= 15 is 0 Å². The molecular formula is C18H23NO3. The standard InChI is InChI=1S/C18H23NO3/c20-17(11-15-3-1-2-4-16(15)18(21)22)19-8-7-14-10-12-5-6-13(14)9-12/h1-4,12-14H,5-11H2,(H,19,20)(H,21,22). The highest BCUT2D eigenvalue weighted by Crippen LogP contribution is 2.49. The van der Waals surface area contributed by atoms with E-state index in [2.05, 4.69) is 5.32 Å². The van der Waals surface area contributed by atoms with Crippen molar-refractivity contribution in [1.82, 2.24) is 5.32 Å². The van der Waals surface area contributed by atoms with Gasteiger partial charge in [0.2, 0.25) is 5.91 Å². The third kappa shape index (κ3) is 3.32. The van der Waals surface area contributed by atoms with E-state index < -0.39 is 5.97 Å². The second kappa shape index (κ2) is 6.51. The molecule has 22 heavy (non-hydrogen) atoms. The number of rotatable bonds is 6. The zero-order valence-electron chi connectivity index (χ0n) is 12.8. The van der Waals surface area contributed by atoms with Crippen molar-refractivity contribution < 1.29 is 14.7 Å². The Bertz CT molecular complexity index is 569. The summed E-state index contributed by atoms with van der Waals surface area (Å²) >= 11 is 0. The second-order valence-corrected chi connectivity index (χ2v) is 6.71. The van der Waals surface area contributed by atoms with Crippen LogP contribution in [0.3, 0.4) is 0 Å². The predicted octanol–water partition coefficient (Wildman–Crippen LogP) is 2.87. The number of benzene rings is 1. The maximum Gasteiger partial charge on any atom is 0.335 e. The Hall–Kier alpha value is -1.84. The first-order valence-electron chi connectivity index (χ1n) is 8.21. The van der Waals surface area contributed by atoms with Crippen molar-refractivity contribution in [3.63, 3.8) is 0 Å². The van der Waals surface area contributed by atoms with Crippen molar-refractivity contribution in [3.8, 4) is 0 Å². The molecule has 2 fully saturated rings. The third-order valence-corrected chi connectivity index (χ3v) is 5.32. The molecule has 1 aromatic rings. The molecule has 2 aliphatic carbocycles. The average Bonchev–Trinajstić information content (AvgIpc) is 3.10. The first-order chi connectivity index (χ1) is 10.6. The minimum atomic E-state index is -0.981. The minimum Gasteiger partial charge on any atom is -0.478 e. The highest BCUT2D eigenvalue weighted by Gasteiger charge is 2.38. The molecule has 2 bridgehead atoms. The molecule has 0 saturated heterocycles. The van der Waals surface area contributed by atoms with Gasteiger partial charge in [0.15, 0.2) is 0 Å². The highest BCUT2D eigenvalue weighted by atomic mass is 16.4. The van der Waals surface area contributed by atoms with Crippen molar-refractivity contribution in [2.24, 2.45) is 17.8 Å². The van der Waals surface area contributed by atoms with Crippen LogP contribution in [0.2, 0.25) is 0 Å². The summed E-state index contributed by atoms with van der Waals surface area (Å²) < 4.78 is 0. The molecule has 0 aromatic heterocycles. The van der Waals surface area contributed by atoms with E-state index in [-0.39, 0.29) is 17.9 Å². The number of carboxylic acids is 1. The molecule has 1 aromatic carbocycles. The van der Waals surface area contributed by atoms with Gasteiger partial charge in [-0.3, -0.25) is 4.79 Å². The molecule has 118 valence electrons. The van der Waals surface area contributed by atoms with E-state index in [1.165, 1.54) is 25.7 Å². The van der Waals surface area contributed by atoms with Crippen LogP contribution in [0, 0.1) is 17.8 Å². The van der Waals surface area contributed by atoms with Crippen LogP contribution in [0.15, 0.2) is 24.3 Å². The summed E-state index contributed by atoms with van der Waals surface area (Å²) in [7, 11) is 0. The van der Waals surface area contributed by atoms with Gasteiger partial charge in [0, 0.05) is 6.54 Å². The van der Waals surface area contributed by atoms with E-state index in [0.717, 1.165) is 24.2 Å². The molecule has 3 unspecified atom stereocenters.